The Balaban J connectivity index is 2.67. The van der Waals surface area contributed by atoms with E-state index >= 15 is 0 Å². The van der Waals surface area contributed by atoms with Crippen LogP contribution in [0.1, 0.15) is 40.1 Å². The summed E-state index contributed by atoms with van der Waals surface area (Å²) in [6.07, 6.45) is 0. The van der Waals surface area contributed by atoms with Crippen molar-refractivity contribution in [3.05, 3.63) is 83.5 Å². The highest BCUT2D eigenvalue weighted by molar-refractivity contribution is 6.31. The number of benzene rings is 3. The molecule has 0 spiro atoms. The van der Waals surface area contributed by atoms with Crippen LogP contribution >= 0.6 is 0 Å². The lowest BCUT2D eigenvalue weighted by Crippen LogP contribution is -2.09. The van der Waals surface area contributed by atoms with Crippen LogP contribution < -0.4 is 0 Å². The Morgan fingerprint density at radius 3 is 1.85 bits per heavy atom. The maximum Gasteiger partial charge on any atom is 0.189 e. The van der Waals surface area contributed by atoms with Crippen molar-refractivity contribution in [1.29, 1.82) is 0 Å². The second-order valence-electron chi connectivity index (χ2n) is 6.51. The predicted octanol–water partition coefficient (Wildman–Crippen LogP) is 5.00. The topological polar surface area (TPSA) is 54.4 Å². The number of hydrogen-bond acceptors (Lipinski definition) is 3. The van der Waals surface area contributed by atoms with E-state index in [4.69, 9.17) is 0 Å². The minimum atomic E-state index is -0.229. The Morgan fingerprint density at radius 2 is 1.31 bits per heavy atom. The number of rotatable bonds is 5. The number of fused-ring (bicyclic) bond motifs is 2. The van der Waals surface area contributed by atoms with E-state index in [1.54, 1.807) is 26.0 Å². The van der Waals surface area contributed by atoms with Gasteiger partial charge in [0.15, 0.2) is 11.6 Å². The predicted molar refractivity (Wildman–Crippen MR) is 106 cm³/mol. The van der Waals surface area contributed by atoms with Crippen molar-refractivity contribution in [1.82, 2.24) is 0 Å². The maximum atomic E-state index is 13.0. The van der Waals surface area contributed by atoms with Crippen LogP contribution in [-0.4, -0.2) is 16.7 Å². The van der Waals surface area contributed by atoms with Gasteiger partial charge in [0.05, 0.1) is 6.61 Å². The van der Waals surface area contributed by atoms with Gasteiger partial charge >= 0.3 is 0 Å². The van der Waals surface area contributed by atoms with Gasteiger partial charge in [0, 0.05) is 11.1 Å². The summed E-state index contributed by atoms with van der Waals surface area (Å²) in [4.78, 5) is 25.9. The van der Waals surface area contributed by atoms with Crippen LogP contribution in [0, 0.1) is 0 Å². The summed E-state index contributed by atoms with van der Waals surface area (Å²) in [7, 11) is 0. The van der Waals surface area contributed by atoms with Crippen molar-refractivity contribution in [3.8, 4) is 0 Å². The molecule has 0 aliphatic rings. The molecule has 0 radical (unpaired) electrons. The Kier molecular flexibility index (Phi) is 4.58. The van der Waals surface area contributed by atoms with Gasteiger partial charge in [-0.25, -0.2) is 0 Å². The largest absolute Gasteiger partial charge is 0.392 e. The summed E-state index contributed by atoms with van der Waals surface area (Å²) in [6, 6.07) is 12.7. The summed E-state index contributed by atoms with van der Waals surface area (Å²) in [5.41, 5.74) is 2.42. The van der Waals surface area contributed by atoms with E-state index < -0.39 is 0 Å². The van der Waals surface area contributed by atoms with E-state index in [2.05, 4.69) is 13.2 Å². The lowest BCUT2D eigenvalue weighted by Gasteiger charge is -2.17. The van der Waals surface area contributed by atoms with Crippen LogP contribution in [0.25, 0.3) is 21.5 Å². The number of allylic oxidation sites excluding steroid dienone is 2. The molecule has 3 aromatic carbocycles. The second-order valence-corrected chi connectivity index (χ2v) is 6.51. The molecule has 3 rings (SSSR count). The van der Waals surface area contributed by atoms with Crippen molar-refractivity contribution in [3.63, 3.8) is 0 Å². The minimum absolute atomic E-state index is 0.171. The number of Topliss-reactive ketones (excluding diaryl/α,β-unsaturated/α-hetero) is 2. The molecule has 3 aromatic rings. The summed E-state index contributed by atoms with van der Waals surface area (Å²) >= 11 is 0. The smallest absolute Gasteiger partial charge is 0.189 e. The summed E-state index contributed by atoms with van der Waals surface area (Å²) in [5, 5.41) is 12.5. The molecule has 0 aliphatic heterocycles. The Labute approximate surface area is 152 Å². The first-order valence-corrected chi connectivity index (χ1v) is 8.36. The lowest BCUT2D eigenvalue weighted by atomic mass is 9.84. The highest BCUT2D eigenvalue weighted by Crippen LogP contribution is 2.37. The average molecular weight is 344 g/mol. The third-order valence-electron chi connectivity index (χ3n) is 4.54. The van der Waals surface area contributed by atoms with Gasteiger partial charge in [0.2, 0.25) is 0 Å². The molecular weight excluding hydrogens is 324 g/mol. The Morgan fingerprint density at radius 1 is 0.808 bits per heavy atom. The molecule has 0 aliphatic carbocycles. The first-order valence-electron chi connectivity index (χ1n) is 8.36. The molecule has 0 fully saturated rings. The molecule has 3 heteroatoms. The molecule has 1 N–H and O–H groups in total. The number of ketones is 2. The van der Waals surface area contributed by atoms with Crippen LogP contribution in [-0.2, 0) is 6.61 Å². The van der Waals surface area contributed by atoms with E-state index in [1.165, 1.54) is 0 Å². The highest BCUT2D eigenvalue weighted by Gasteiger charge is 2.24. The number of aliphatic hydroxyl groups excluding tert-OH is 1. The fourth-order valence-corrected chi connectivity index (χ4v) is 3.34. The molecule has 0 unspecified atom stereocenters. The van der Waals surface area contributed by atoms with Crippen LogP contribution in [0.2, 0.25) is 0 Å². The number of hydrogen-bond donors (Lipinski definition) is 1. The zero-order chi connectivity index (χ0) is 19.0. The molecule has 0 heterocycles. The zero-order valence-corrected chi connectivity index (χ0v) is 14.9. The average Bonchev–Trinajstić information content (AvgIpc) is 2.64. The summed E-state index contributed by atoms with van der Waals surface area (Å²) in [5.74, 6) is -0.364. The van der Waals surface area contributed by atoms with Crippen molar-refractivity contribution < 1.29 is 14.7 Å². The fraction of sp³-hybridized carbons (Fsp3) is 0.130. The van der Waals surface area contributed by atoms with Crippen molar-refractivity contribution in [2.75, 3.05) is 0 Å². The first kappa shape index (κ1) is 17.8. The fourth-order valence-electron chi connectivity index (χ4n) is 3.34. The van der Waals surface area contributed by atoms with Gasteiger partial charge in [-0.05, 0) is 52.1 Å². The SMILES string of the molecule is C=C(C)C(=O)c1c2ccccc2c(C(=O)C(=C)C)c2c(CO)cccc12. The first-order chi connectivity index (χ1) is 12.4. The molecule has 0 saturated carbocycles. The monoisotopic (exact) mass is 344 g/mol. The van der Waals surface area contributed by atoms with Crippen LogP contribution in [0.3, 0.4) is 0 Å². The third-order valence-corrected chi connectivity index (χ3v) is 4.54. The Bertz CT molecular complexity index is 1100. The summed E-state index contributed by atoms with van der Waals surface area (Å²) < 4.78 is 0. The number of aliphatic hydroxyl groups is 1. The molecule has 0 atom stereocenters. The van der Waals surface area contributed by atoms with Gasteiger partial charge < -0.3 is 5.11 Å². The van der Waals surface area contributed by atoms with E-state index in [9.17, 15) is 14.7 Å². The quantitative estimate of drug-likeness (QED) is 0.402. The van der Waals surface area contributed by atoms with Gasteiger partial charge in [-0.3, -0.25) is 9.59 Å². The zero-order valence-electron chi connectivity index (χ0n) is 14.9. The second kappa shape index (κ2) is 6.70. The van der Waals surface area contributed by atoms with Crippen LogP contribution in [0.5, 0.6) is 0 Å². The van der Waals surface area contributed by atoms with Gasteiger partial charge in [-0.2, -0.15) is 0 Å². The standard InChI is InChI=1S/C23H20O3/c1-13(2)22(25)20-16-9-5-6-10-17(16)21(23(26)14(3)4)19-15(12-24)8-7-11-18(19)20/h5-11,24H,1,3,12H2,2,4H3. The molecule has 0 saturated heterocycles. The number of carbonyl (C=O) groups excluding carboxylic acids is 2. The molecule has 130 valence electrons. The van der Waals surface area contributed by atoms with E-state index in [0.29, 0.717) is 49.4 Å². The highest BCUT2D eigenvalue weighted by atomic mass is 16.3. The molecule has 0 amide bonds. The van der Waals surface area contributed by atoms with Gasteiger partial charge in [-0.15, -0.1) is 0 Å². The van der Waals surface area contributed by atoms with Crippen molar-refractivity contribution in [2.24, 2.45) is 0 Å². The van der Waals surface area contributed by atoms with Crippen LogP contribution in [0.4, 0.5) is 0 Å². The molecular formula is C23H20O3. The van der Waals surface area contributed by atoms with Gasteiger partial charge in [-0.1, -0.05) is 55.6 Å². The molecule has 26 heavy (non-hydrogen) atoms. The maximum absolute atomic E-state index is 13.0. The van der Waals surface area contributed by atoms with Crippen molar-refractivity contribution >= 4 is 33.1 Å². The van der Waals surface area contributed by atoms with E-state index in [1.807, 2.05) is 30.3 Å². The molecule has 3 nitrogen and oxygen atoms in total. The molecule has 0 bridgehead atoms. The van der Waals surface area contributed by atoms with E-state index in [-0.39, 0.29) is 18.2 Å². The van der Waals surface area contributed by atoms with E-state index in [0.717, 1.165) is 0 Å². The summed E-state index contributed by atoms with van der Waals surface area (Å²) in [6.45, 7) is 10.7. The minimum Gasteiger partial charge on any atom is -0.392 e. The molecule has 0 aromatic heterocycles. The number of carbonyl (C=O) groups is 2. The van der Waals surface area contributed by atoms with Crippen molar-refractivity contribution in [2.45, 2.75) is 20.5 Å². The Hall–Kier alpha value is -3.04. The van der Waals surface area contributed by atoms with Gasteiger partial charge in [0.25, 0.3) is 0 Å². The van der Waals surface area contributed by atoms with Gasteiger partial charge in [0.1, 0.15) is 0 Å². The normalized spacial score (nSPS) is 10.9. The lowest BCUT2D eigenvalue weighted by molar-refractivity contribution is 0.102. The van der Waals surface area contributed by atoms with Crippen LogP contribution in [0.15, 0.2) is 66.8 Å². The third kappa shape index (κ3) is 2.67.